The van der Waals surface area contributed by atoms with E-state index in [2.05, 4.69) is 10.3 Å². The summed E-state index contributed by atoms with van der Waals surface area (Å²) in [7, 11) is 3.02. The summed E-state index contributed by atoms with van der Waals surface area (Å²) in [5.74, 6) is 1.05. The molecule has 0 spiro atoms. The number of nitrogens with zero attached hydrogens (tertiary/aromatic N) is 2. The molecule has 1 aliphatic rings. The Kier molecular flexibility index (Phi) is 8.18. The molecule has 36 heavy (non-hydrogen) atoms. The zero-order valence-corrected chi connectivity index (χ0v) is 20.4. The van der Waals surface area contributed by atoms with E-state index in [-0.39, 0.29) is 11.8 Å². The molecule has 1 aliphatic heterocycles. The highest BCUT2D eigenvalue weighted by Crippen LogP contribution is 2.34. The summed E-state index contributed by atoms with van der Waals surface area (Å²) in [6.45, 7) is 1.77. The van der Waals surface area contributed by atoms with Gasteiger partial charge in [0.2, 0.25) is 5.91 Å². The highest BCUT2D eigenvalue weighted by molar-refractivity contribution is 6.08. The van der Waals surface area contributed by atoms with Crippen molar-refractivity contribution in [3.8, 4) is 17.2 Å². The topological polar surface area (TPSA) is 90.0 Å². The van der Waals surface area contributed by atoms with E-state index in [1.807, 2.05) is 42.5 Å². The second-order valence-electron chi connectivity index (χ2n) is 8.25. The zero-order valence-electron chi connectivity index (χ0n) is 20.4. The zero-order chi connectivity index (χ0) is 25.3. The third-order valence-corrected chi connectivity index (χ3v) is 5.83. The summed E-state index contributed by atoms with van der Waals surface area (Å²) >= 11 is 0. The highest BCUT2D eigenvalue weighted by atomic mass is 16.5. The van der Waals surface area contributed by atoms with Crippen LogP contribution in [-0.4, -0.2) is 49.0 Å². The lowest BCUT2D eigenvalue weighted by Crippen LogP contribution is -2.28. The first kappa shape index (κ1) is 24.8. The van der Waals surface area contributed by atoms with Crippen LogP contribution in [0.15, 0.2) is 66.9 Å². The van der Waals surface area contributed by atoms with Crippen molar-refractivity contribution >= 4 is 23.6 Å². The number of hydrogen-bond donors (Lipinski definition) is 1. The van der Waals surface area contributed by atoms with E-state index >= 15 is 0 Å². The molecule has 3 aromatic rings. The normalized spacial score (nSPS) is 13.0. The number of rotatable bonds is 9. The van der Waals surface area contributed by atoms with Gasteiger partial charge in [-0.25, -0.2) is 0 Å². The largest absolute Gasteiger partial charge is 0.493 e. The number of pyridine rings is 1. The van der Waals surface area contributed by atoms with Gasteiger partial charge in [-0.1, -0.05) is 18.2 Å². The molecule has 4 rings (SSSR count). The summed E-state index contributed by atoms with van der Waals surface area (Å²) in [4.78, 5) is 31.9. The van der Waals surface area contributed by atoms with Crippen molar-refractivity contribution in [1.29, 1.82) is 0 Å². The van der Waals surface area contributed by atoms with E-state index < -0.39 is 0 Å². The molecule has 8 heteroatoms. The number of benzene rings is 2. The number of nitrogens with one attached hydrogen (secondary N) is 1. The van der Waals surface area contributed by atoms with Crippen LogP contribution in [0.3, 0.4) is 0 Å². The molecule has 2 aromatic carbocycles. The van der Waals surface area contributed by atoms with Gasteiger partial charge in [0.1, 0.15) is 12.4 Å². The molecule has 0 bridgehead atoms. The van der Waals surface area contributed by atoms with Gasteiger partial charge in [-0.05, 0) is 54.8 Å². The lowest BCUT2D eigenvalue weighted by atomic mass is 10.1. The molecule has 0 aliphatic carbocycles. The first-order valence-corrected chi connectivity index (χ1v) is 11.7. The molecule has 186 valence electrons. The van der Waals surface area contributed by atoms with Crippen LogP contribution in [0.2, 0.25) is 0 Å². The molecule has 2 amide bonds. The van der Waals surface area contributed by atoms with E-state index in [4.69, 9.17) is 14.2 Å². The molecule has 1 saturated heterocycles. The maximum Gasteiger partial charge on any atom is 0.256 e. The average Bonchev–Trinajstić information content (AvgIpc) is 3.46. The van der Waals surface area contributed by atoms with Crippen LogP contribution in [-0.2, 0) is 11.4 Å². The van der Waals surface area contributed by atoms with Gasteiger partial charge < -0.3 is 24.4 Å². The van der Waals surface area contributed by atoms with Gasteiger partial charge in [0, 0.05) is 31.4 Å². The van der Waals surface area contributed by atoms with Crippen LogP contribution >= 0.6 is 0 Å². The number of hydrogen-bond acceptors (Lipinski definition) is 6. The molecule has 8 nitrogen and oxygen atoms in total. The molecular weight excluding hydrogens is 458 g/mol. The van der Waals surface area contributed by atoms with Gasteiger partial charge in [-0.15, -0.1) is 0 Å². The molecule has 0 unspecified atom stereocenters. The monoisotopic (exact) mass is 487 g/mol. The Balaban J connectivity index is 1.43. The van der Waals surface area contributed by atoms with Crippen molar-refractivity contribution in [2.45, 2.75) is 19.4 Å². The van der Waals surface area contributed by atoms with Crippen molar-refractivity contribution in [1.82, 2.24) is 9.88 Å². The van der Waals surface area contributed by atoms with Crippen LogP contribution in [0, 0.1) is 0 Å². The van der Waals surface area contributed by atoms with E-state index in [0.717, 1.165) is 24.1 Å². The first-order chi connectivity index (χ1) is 17.6. The summed E-state index contributed by atoms with van der Waals surface area (Å²) < 4.78 is 16.5. The summed E-state index contributed by atoms with van der Waals surface area (Å²) in [6.07, 6.45) is 6.78. The van der Waals surface area contributed by atoms with Gasteiger partial charge in [0.25, 0.3) is 5.91 Å². The fourth-order valence-electron chi connectivity index (χ4n) is 3.91. The Bertz CT molecular complexity index is 1220. The number of methoxy groups -OCH3 is 2. The Morgan fingerprint density at radius 1 is 1.00 bits per heavy atom. The fourth-order valence-corrected chi connectivity index (χ4v) is 3.91. The van der Waals surface area contributed by atoms with Gasteiger partial charge in [-0.3, -0.25) is 14.6 Å². The van der Waals surface area contributed by atoms with Crippen LogP contribution in [0.25, 0.3) is 6.08 Å². The maximum atomic E-state index is 13.1. The fraction of sp³-hybridized carbons (Fsp3) is 0.250. The average molecular weight is 488 g/mol. The number of carbonyl (C=O) groups excluding carboxylic acids is 2. The van der Waals surface area contributed by atoms with Crippen molar-refractivity contribution in [3.63, 3.8) is 0 Å². The minimum atomic E-state index is -0.367. The number of likely N-dealkylation sites (tertiary alicyclic amines) is 1. The third kappa shape index (κ3) is 6.21. The first-order valence-electron chi connectivity index (χ1n) is 11.7. The van der Waals surface area contributed by atoms with E-state index in [1.54, 1.807) is 29.3 Å². The predicted molar refractivity (Wildman–Crippen MR) is 137 cm³/mol. The van der Waals surface area contributed by atoms with Crippen LogP contribution in [0.1, 0.15) is 34.5 Å². The highest BCUT2D eigenvalue weighted by Gasteiger charge is 2.24. The molecule has 1 fully saturated rings. The molecule has 1 aromatic heterocycles. The summed E-state index contributed by atoms with van der Waals surface area (Å²) in [5.41, 5.74) is 2.41. The molecule has 1 N–H and O–H groups in total. The molecule has 0 atom stereocenters. The maximum absolute atomic E-state index is 13.1. The van der Waals surface area contributed by atoms with Crippen molar-refractivity contribution in [3.05, 3.63) is 83.7 Å². The predicted octanol–water partition coefficient (Wildman–Crippen LogP) is 4.57. The number of carbonyl (C=O) groups is 2. The third-order valence-electron chi connectivity index (χ3n) is 5.83. The second-order valence-corrected chi connectivity index (χ2v) is 8.25. The van der Waals surface area contributed by atoms with Gasteiger partial charge in [-0.2, -0.15) is 0 Å². The van der Waals surface area contributed by atoms with Gasteiger partial charge >= 0.3 is 0 Å². The van der Waals surface area contributed by atoms with Crippen molar-refractivity contribution < 1.29 is 23.8 Å². The smallest absolute Gasteiger partial charge is 0.256 e. The quantitative estimate of drug-likeness (QED) is 0.445. The SMILES string of the molecule is COc1cc(NC(=O)/C=C/c2ccc(OCc3ccccn3)cc2)c(C(=O)N2CCCC2)cc1OC. The van der Waals surface area contributed by atoms with Crippen molar-refractivity contribution in [2.75, 3.05) is 32.6 Å². The number of aromatic nitrogens is 1. The van der Waals surface area contributed by atoms with Crippen LogP contribution in [0.4, 0.5) is 5.69 Å². The summed E-state index contributed by atoms with van der Waals surface area (Å²) in [5, 5.41) is 2.82. The van der Waals surface area contributed by atoms with Crippen LogP contribution < -0.4 is 19.5 Å². The Morgan fingerprint density at radius 2 is 1.72 bits per heavy atom. The molecular formula is C28H29N3O5. The Labute approximate surface area is 210 Å². The number of ether oxygens (including phenoxy) is 3. The van der Waals surface area contributed by atoms with Crippen molar-refractivity contribution in [2.24, 2.45) is 0 Å². The van der Waals surface area contributed by atoms with E-state index in [0.29, 0.717) is 48.2 Å². The Hall–Kier alpha value is -4.33. The number of anilines is 1. The minimum absolute atomic E-state index is 0.144. The lowest BCUT2D eigenvalue weighted by Gasteiger charge is -2.19. The van der Waals surface area contributed by atoms with E-state index in [9.17, 15) is 9.59 Å². The summed E-state index contributed by atoms with van der Waals surface area (Å²) in [6, 6.07) is 16.3. The standard InChI is InChI=1S/C28H29N3O5/c1-34-25-17-23(28(33)31-15-5-6-16-31)24(18-26(25)35-2)30-27(32)13-10-20-8-11-22(12-9-20)36-19-21-7-3-4-14-29-21/h3-4,7-14,17-18H,5-6,15-16,19H2,1-2H3,(H,30,32)/b13-10+. The van der Waals surface area contributed by atoms with Crippen LogP contribution in [0.5, 0.6) is 17.2 Å². The van der Waals surface area contributed by atoms with Gasteiger partial charge in [0.15, 0.2) is 11.5 Å². The molecule has 0 saturated carbocycles. The molecule has 0 radical (unpaired) electrons. The lowest BCUT2D eigenvalue weighted by molar-refractivity contribution is -0.111. The molecule has 2 heterocycles. The second kappa shape index (κ2) is 11.9. The number of amides is 2. The minimum Gasteiger partial charge on any atom is -0.493 e. The Morgan fingerprint density at radius 3 is 2.39 bits per heavy atom. The van der Waals surface area contributed by atoms with Gasteiger partial charge in [0.05, 0.1) is 31.2 Å². The van der Waals surface area contributed by atoms with E-state index in [1.165, 1.54) is 20.3 Å².